The Morgan fingerprint density at radius 3 is 3.00 bits per heavy atom. The highest BCUT2D eigenvalue weighted by Gasteiger charge is 2.23. The van der Waals surface area contributed by atoms with Crippen LogP contribution in [0.15, 0.2) is 30.3 Å². The molecule has 4 heteroatoms. The molecule has 2 heterocycles. The van der Waals surface area contributed by atoms with Crippen molar-refractivity contribution >= 4 is 22.5 Å². The summed E-state index contributed by atoms with van der Waals surface area (Å²) in [5.41, 5.74) is 3.14. The van der Waals surface area contributed by atoms with Gasteiger partial charge < -0.3 is 10.2 Å². The summed E-state index contributed by atoms with van der Waals surface area (Å²) in [5, 5.41) is 4.66. The van der Waals surface area contributed by atoms with E-state index in [4.69, 9.17) is 0 Å². The minimum absolute atomic E-state index is 0.254. The Bertz CT molecular complexity index is 668. The Labute approximate surface area is 125 Å². The fourth-order valence-electron chi connectivity index (χ4n) is 2.89. The molecule has 21 heavy (non-hydrogen) atoms. The van der Waals surface area contributed by atoms with Crippen LogP contribution in [0.4, 0.5) is 5.69 Å². The zero-order chi connectivity index (χ0) is 14.8. The molecular formula is C17H21N3O. The number of nitrogens with zero attached hydrogens (tertiary/aromatic N) is 2. The van der Waals surface area contributed by atoms with Gasteiger partial charge in [0, 0.05) is 43.3 Å². The molecule has 1 N–H and O–H groups in total. The van der Waals surface area contributed by atoms with Gasteiger partial charge in [-0.15, -0.1) is 0 Å². The van der Waals surface area contributed by atoms with Gasteiger partial charge in [-0.25, -0.2) is 0 Å². The second kappa shape index (κ2) is 5.72. The van der Waals surface area contributed by atoms with Gasteiger partial charge in [0.05, 0.1) is 5.52 Å². The minimum Gasteiger partial charge on any atom is -0.384 e. The van der Waals surface area contributed by atoms with Crippen molar-refractivity contribution in [3.8, 4) is 0 Å². The lowest BCUT2D eigenvalue weighted by molar-refractivity contribution is -0.133. The van der Waals surface area contributed by atoms with Crippen molar-refractivity contribution in [3.05, 3.63) is 36.0 Å². The first-order valence-electron chi connectivity index (χ1n) is 7.47. The maximum Gasteiger partial charge on any atom is 0.222 e. The maximum absolute atomic E-state index is 11.8. The Kier molecular flexibility index (Phi) is 3.78. The molecule has 2 aromatic rings. The average Bonchev–Trinajstić information content (AvgIpc) is 2.48. The van der Waals surface area contributed by atoms with E-state index in [-0.39, 0.29) is 5.91 Å². The summed E-state index contributed by atoms with van der Waals surface area (Å²) < 4.78 is 0. The van der Waals surface area contributed by atoms with E-state index in [1.807, 2.05) is 37.1 Å². The lowest BCUT2D eigenvalue weighted by atomic mass is 9.96. The zero-order valence-electron chi connectivity index (χ0n) is 12.6. The topological polar surface area (TPSA) is 45.2 Å². The van der Waals surface area contributed by atoms with Crippen LogP contribution in [-0.4, -0.2) is 35.9 Å². The van der Waals surface area contributed by atoms with Crippen LogP contribution in [0.5, 0.6) is 0 Å². The van der Waals surface area contributed by atoms with Gasteiger partial charge in [0.25, 0.3) is 0 Å². The minimum atomic E-state index is 0.254. The van der Waals surface area contributed by atoms with E-state index in [2.05, 4.69) is 22.4 Å². The van der Waals surface area contributed by atoms with Gasteiger partial charge in [-0.05, 0) is 31.4 Å². The van der Waals surface area contributed by atoms with Gasteiger partial charge in [0.1, 0.15) is 0 Å². The number of aryl methyl sites for hydroxylation is 1. The smallest absolute Gasteiger partial charge is 0.222 e. The highest BCUT2D eigenvalue weighted by molar-refractivity contribution is 5.91. The van der Waals surface area contributed by atoms with E-state index in [9.17, 15) is 4.79 Å². The van der Waals surface area contributed by atoms with Crippen molar-refractivity contribution < 1.29 is 4.79 Å². The van der Waals surface area contributed by atoms with E-state index >= 15 is 0 Å². The second-order valence-electron chi connectivity index (χ2n) is 5.88. The predicted molar refractivity (Wildman–Crippen MR) is 85.3 cm³/mol. The number of pyridine rings is 1. The largest absolute Gasteiger partial charge is 0.384 e. The van der Waals surface area contributed by atoms with Crippen molar-refractivity contribution in [2.24, 2.45) is 5.92 Å². The maximum atomic E-state index is 11.8. The number of para-hydroxylation sites is 1. The number of benzene rings is 1. The number of nitrogens with one attached hydrogen (secondary N) is 1. The monoisotopic (exact) mass is 283 g/mol. The molecule has 1 amide bonds. The van der Waals surface area contributed by atoms with Gasteiger partial charge in [-0.1, -0.05) is 18.2 Å². The fraction of sp³-hybridized carbons (Fsp3) is 0.412. The first-order chi connectivity index (χ1) is 10.1. The van der Waals surface area contributed by atoms with Crippen molar-refractivity contribution in [2.45, 2.75) is 19.8 Å². The summed E-state index contributed by atoms with van der Waals surface area (Å²) in [6.45, 7) is 3.71. The summed E-state index contributed by atoms with van der Waals surface area (Å²) >= 11 is 0. The number of rotatable bonds is 3. The van der Waals surface area contributed by atoms with Crippen molar-refractivity contribution in [1.29, 1.82) is 0 Å². The van der Waals surface area contributed by atoms with E-state index in [0.717, 1.165) is 41.8 Å². The molecule has 1 aromatic carbocycles. The van der Waals surface area contributed by atoms with Crippen LogP contribution in [0.25, 0.3) is 10.9 Å². The number of hydrogen-bond acceptors (Lipinski definition) is 3. The fourth-order valence-corrected chi connectivity index (χ4v) is 2.89. The SMILES string of the molecule is Cc1cc(NCC2CCN(C)C(=O)C2)c2ccccc2n1. The molecule has 1 unspecified atom stereocenters. The number of anilines is 1. The summed E-state index contributed by atoms with van der Waals surface area (Å²) in [6.07, 6.45) is 1.71. The molecule has 3 rings (SSSR count). The van der Waals surface area contributed by atoms with Crippen molar-refractivity contribution in [3.63, 3.8) is 0 Å². The standard InChI is InChI=1S/C17H21N3O/c1-12-9-16(14-5-3-4-6-15(14)19-12)18-11-13-7-8-20(2)17(21)10-13/h3-6,9,13H,7-8,10-11H2,1-2H3,(H,18,19). The van der Waals surface area contributed by atoms with E-state index < -0.39 is 0 Å². The molecule has 0 bridgehead atoms. The van der Waals surface area contributed by atoms with Crippen molar-refractivity contribution in [2.75, 3.05) is 25.5 Å². The summed E-state index contributed by atoms with van der Waals surface area (Å²) in [6, 6.07) is 10.2. The van der Waals surface area contributed by atoms with Crippen LogP contribution >= 0.6 is 0 Å². The van der Waals surface area contributed by atoms with Gasteiger partial charge in [-0.3, -0.25) is 9.78 Å². The number of carbonyl (C=O) groups excluding carboxylic acids is 1. The average molecular weight is 283 g/mol. The van der Waals surface area contributed by atoms with Crippen molar-refractivity contribution in [1.82, 2.24) is 9.88 Å². The van der Waals surface area contributed by atoms with Crippen LogP contribution in [-0.2, 0) is 4.79 Å². The van der Waals surface area contributed by atoms with Gasteiger partial charge in [0.15, 0.2) is 0 Å². The molecular weight excluding hydrogens is 262 g/mol. The first kappa shape index (κ1) is 13.9. The van der Waals surface area contributed by atoms with Crippen LogP contribution in [0.3, 0.4) is 0 Å². The van der Waals surface area contributed by atoms with Crippen LogP contribution in [0, 0.1) is 12.8 Å². The second-order valence-corrected chi connectivity index (χ2v) is 5.88. The lowest BCUT2D eigenvalue weighted by Gasteiger charge is -2.29. The molecule has 0 spiro atoms. The lowest BCUT2D eigenvalue weighted by Crippen LogP contribution is -2.37. The third-order valence-electron chi connectivity index (χ3n) is 4.19. The molecule has 110 valence electrons. The number of carbonyl (C=O) groups is 1. The van der Waals surface area contributed by atoms with E-state index in [1.165, 1.54) is 0 Å². The number of aromatic nitrogens is 1. The molecule has 0 saturated carbocycles. The van der Waals surface area contributed by atoms with Gasteiger partial charge in [0.2, 0.25) is 5.91 Å². The Morgan fingerprint density at radius 1 is 1.38 bits per heavy atom. The van der Waals surface area contributed by atoms with Crippen LogP contribution in [0.1, 0.15) is 18.5 Å². The predicted octanol–water partition coefficient (Wildman–Crippen LogP) is 2.82. The quantitative estimate of drug-likeness (QED) is 0.942. The third-order valence-corrected chi connectivity index (χ3v) is 4.19. The van der Waals surface area contributed by atoms with Crippen LogP contribution in [0.2, 0.25) is 0 Å². The molecule has 0 radical (unpaired) electrons. The summed E-state index contributed by atoms with van der Waals surface area (Å²) in [7, 11) is 1.88. The third kappa shape index (κ3) is 2.99. The Hall–Kier alpha value is -2.10. The van der Waals surface area contributed by atoms with E-state index in [1.54, 1.807) is 0 Å². The van der Waals surface area contributed by atoms with Crippen LogP contribution < -0.4 is 5.32 Å². The van der Waals surface area contributed by atoms with Gasteiger partial charge in [-0.2, -0.15) is 0 Å². The molecule has 1 aromatic heterocycles. The number of fused-ring (bicyclic) bond motifs is 1. The number of amides is 1. The molecule has 0 aliphatic carbocycles. The highest BCUT2D eigenvalue weighted by atomic mass is 16.2. The molecule has 1 aliphatic heterocycles. The molecule has 1 atom stereocenters. The van der Waals surface area contributed by atoms with E-state index in [0.29, 0.717) is 12.3 Å². The molecule has 1 fully saturated rings. The first-order valence-corrected chi connectivity index (χ1v) is 7.47. The summed E-state index contributed by atoms with van der Waals surface area (Å²) in [4.78, 5) is 18.1. The molecule has 4 nitrogen and oxygen atoms in total. The molecule has 1 aliphatic rings. The summed E-state index contributed by atoms with van der Waals surface area (Å²) in [5.74, 6) is 0.671. The Balaban J connectivity index is 1.75. The zero-order valence-corrected chi connectivity index (χ0v) is 12.6. The molecule has 1 saturated heterocycles. The number of likely N-dealkylation sites (tertiary alicyclic amines) is 1. The van der Waals surface area contributed by atoms with Gasteiger partial charge >= 0.3 is 0 Å². The Morgan fingerprint density at radius 2 is 2.19 bits per heavy atom. The highest BCUT2D eigenvalue weighted by Crippen LogP contribution is 2.24. The number of hydrogen-bond donors (Lipinski definition) is 1. The number of piperidine rings is 1. The normalized spacial score (nSPS) is 19.0.